The number of carbonyl (C=O) groups is 3. The largest absolute Gasteiger partial charge is 0.448 e. The van der Waals surface area contributed by atoms with Crippen LogP contribution in [0.15, 0.2) is 72.8 Å². The number of hydrogen-bond donors (Lipinski definition) is 2. The van der Waals surface area contributed by atoms with E-state index in [-0.39, 0.29) is 30.2 Å². The number of halogens is 2. The summed E-state index contributed by atoms with van der Waals surface area (Å²) < 4.78 is 40.1. The Kier molecular flexibility index (Phi) is 13.6. The van der Waals surface area contributed by atoms with Crippen LogP contribution < -0.4 is 10.6 Å². The number of ether oxygens (including phenoxy) is 2. The van der Waals surface area contributed by atoms with Crippen molar-refractivity contribution in [2.45, 2.75) is 64.6 Å². The second-order valence-electron chi connectivity index (χ2n) is 10.9. The van der Waals surface area contributed by atoms with Gasteiger partial charge in [0.05, 0.1) is 0 Å². The second-order valence-corrected chi connectivity index (χ2v) is 10.9. The number of amides is 2. The van der Waals surface area contributed by atoms with Gasteiger partial charge in [0.1, 0.15) is 24.5 Å². The van der Waals surface area contributed by atoms with Gasteiger partial charge in [-0.05, 0) is 60.7 Å². The normalized spacial score (nSPS) is 13.0. The van der Waals surface area contributed by atoms with Crippen molar-refractivity contribution in [3.63, 3.8) is 0 Å². The van der Waals surface area contributed by atoms with Crippen LogP contribution in [0.3, 0.4) is 0 Å². The van der Waals surface area contributed by atoms with Crippen molar-refractivity contribution in [1.29, 1.82) is 0 Å². The fourth-order valence-corrected chi connectivity index (χ4v) is 5.40. The lowest BCUT2D eigenvalue weighted by Crippen LogP contribution is -2.60. The van der Waals surface area contributed by atoms with Crippen LogP contribution in [0.1, 0.15) is 84.4 Å². The molecule has 0 fully saturated rings. The van der Waals surface area contributed by atoms with Crippen LogP contribution in [0.5, 0.6) is 0 Å². The Morgan fingerprint density at radius 2 is 1.49 bits per heavy atom. The number of nitrogens with one attached hydrogen (secondary N) is 2. The monoisotopic (exact) mass is 623 g/mol. The molecule has 242 valence electrons. The van der Waals surface area contributed by atoms with Crippen molar-refractivity contribution in [3.8, 4) is 0 Å². The summed E-state index contributed by atoms with van der Waals surface area (Å²) in [5.74, 6) is -3.46. The highest BCUT2D eigenvalue weighted by Crippen LogP contribution is 2.36. The van der Waals surface area contributed by atoms with E-state index in [0.29, 0.717) is 37.7 Å². The van der Waals surface area contributed by atoms with Gasteiger partial charge in [0.25, 0.3) is 11.8 Å². The molecule has 3 aromatic rings. The average molecular weight is 624 g/mol. The van der Waals surface area contributed by atoms with E-state index in [9.17, 15) is 23.2 Å². The van der Waals surface area contributed by atoms with Crippen molar-refractivity contribution in [2.24, 2.45) is 0 Å². The molecule has 0 bridgehead atoms. The number of methoxy groups -OCH3 is 1. The first kappa shape index (κ1) is 35.3. The lowest BCUT2D eigenvalue weighted by molar-refractivity contribution is -0.160. The topological polar surface area (TPSA) is 97.0 Å². The average Bonchev–Trinajstić information content (AvgIpc) is 3.03. The summed E-state index contributed by atoms with van der Waals surface area (Å²) in [4.78, 5) is 42.9. The Hall–Kier alpha value is -4.15. The molecule has 0 saturated heterocycles. The molecule has 2 unspecified atom stereocenters. The summed E-state index contributed by atoms with van der Waals surface area (Å²) in [6.45, 7) is 7.14. The van der Waals surface area contributed by atoms with E-state index in [4.69, 9.17) is 9.47 Å². The molecule has 0 spiro atoms. The minimum Gasteiger partial charge on any atom is -0.448 e. The number of benzene rings is 3. The lowest BCUT2D eigenvalue weighted by Gasteiger charge is -2.38. The predicted molar refractivity (Wildman–Crippen MR) is 168 cm³/mol. The van der Waals surface area contributed by atoms with Crippen LogP contribution in [0.2, 0.25) is 0 Å². The molecule has 0 aliphatic rings. The van der Waals surface area contributed by atoms with Crippen LogP contribution in [0.25, 0.3) is 0 Å². The molecule has 0 radical (unpaired) electrons. The standard InChI is InChI=1S/C35H43F2N3O5/c1-5-16-35(31(44-4)28-20-29(36)22-30(37)21-28,34(43)45-24-38-23-25-12-9-8-10-13-25)39-32(41)26-14-11-15-27(19-26)33(42)40(17-6-2)18-7-3/h8-15,19-22,31,38H,5-7,16-18,23-24H2,1-4H3,(H,39,41). The maximum atomic E-state index is 14.4. The van der Waals surface area contributed by atoms with Gasteiger partial charge in [0.15, 0.2) is 5.54 Å². The second kappa shape index (κ2) is 17.4. The lowest BCUT2D eigenvalue weighted by atomic mass is 9.82. The third-order valence-corrected chi connectivity index (χ3v) is 7.34. The molecular formula is C35H43F2N3O5. The maximum absolute atomic E-state index is 14.4. The summed E-state index contributed by atoms with van der Waals surface area (Å²) >= 11 is 0. The van der Waals surface area contributed by atoms with E-state index >= 15 is 0 Å². The van der Waals surface area contributed by atoms with Gasteiger partial charge in [0, 0.05) is 43.9 Å². The minimum atomic E-state index is -1.88. The first-order valence-corrected chi connectivity index (χ1v) is 15.3. The molecule has 0 heterocycles. The molecule has 10 heteroatoms. The zero-order valence-electron chi connectivity index (χ0n) is 26.4. The van der Waals surface area contributed by atoms with Crippen LogP contribution in [-0.4, -0.2) is 55.2 Å². The van der Waals surface area contributed by atoms with Gasteiger partial charge < -0.3 is 19.7 Å². The van der Waals surface area contributed by atoms with Crippen molar-refractivity contribution >= 4 is 17.8 Å². The number of rotatable bonds is 17. The predicted octanol–water partition coefficient (Wildman–Crippen LogP) is 6.17. The zero-order valence-corrected chi connectivity index (χ0v) is 26.4. The first-order valence-electron chi connectivity index (χ1n) is 15.3. The highest BCUT2D eigenvalue weighted by Gasteiger charge is 2.49. The van der Waals surface area contributed by atoms with E-state index in [0.717, 1.165) is 30.5 Å². The SMILES string of the molecule is CCCN(CCC)C(=O)c1cccc(C(=O)NC(CCC)(C(=O)OCNCc2ccccc2)C(OC)c2cc(F)cc(F)c2)c1. The van der Waals surface area contributed by atoms with Crippen LogP contribution in [-0.2, 0) is 20.8 Å². The van der Waals surface area contributed by atoms with Crippen molar-refractivity contribution < 1.29 is 32.6 Å². The molecule has 45 heavy (non-hydrogen) atoms. The molecule has 3 aromatic carbocycles. The van der Waals surface area contributed by atoms with Crippen molar-refractivity contribution in [3.05, 3.63) is 107 Å². The zero-order chi connectivity index (χ0) is 32.8. The van der Waals surface area contributed by atoms with E-state index in [1.165, 1.54) is 19.2 Å². The van der Waals surface area contributed by atoms with Gasteiger partial charge in [-0.2, -0.15) is 0 Å². The molecule has 0 aromatic heterocycles. The fraction of sp³-hybridized carbons (Fsp3) is 0.400. The summed E-state index contributed by atoms with van der Waals surface area (Å²) in [7, 11) is 1.29. The highest BCUT2D eigenvalue weighted by molar-refractivity contribution is 6.01. The molecule has 3 rings (SSSR count). The van der Waals surface area contributed by atoms with E-state index in [1.54, 1.807) is 24.0 Å². The first-order chi connectivity index (χ1) is 21.7. The molecular weight excluding hydrogens is 580 g/mol. The van der Waals surface area contributed by atoms with E-state index < -0.39 is 35.2 Å². The van der Waals surface area contributed by atoms with Gasteiger partial charge in [-0.3, -0.25) is 14.9 Å². The summed E-state index contributed by atoms with van der Waals surface area (Å²) in [5.41, 5.74) is -0.446. The quantitative estimate of drug-likeness (QED) is 0.106. The smallest absolute Gasteiger partial charge is 0.336 e. The van der Waals surface area contributed by atoms with E-state index in [2.05, 4.69) is 10.6 Å². The van der Waals surface area contributed by atoms with Crippen molar-refractivity contribution in [2.75, 3.05) is 26.9 Å². The van der Waals surface area contributed by atoms with Gasteiger partial charge in [-0.25, -0.2) is 13.6 Å². The molecule has 0 aliphatic carbocycles. The summed E-state index contributed by atoms with van der Waals surface area (Å²) in [6.07, 6.45) is 0.653. The Morgan fingerprint density at radius 1 is 0.844 bits per heavy atom. The number of carbonyl (C=O) groups excluding carboxylic acids is 3. The van der Waals surface area contributed by atoms with Crippen LogP contribution in [0.4, 0.5) is 8.78 Å². The fourth-order valence-electron chi connectivity index (χ4n) is 5.40. The molecule has 0 aliphatic heterocycles. The molecule has 2 amide bonds. The summed E-state index contributed by atoms with van der Waals surface area (Å²) in [5, 5.41) is 5.84. The van der Waals surface area contributed by atoms with Crippen molar-refractivity contribution in [1.82, 2.24) is 15.5 Å². The van der Waals surface area contributed by atoms with Crippen LogP contribution in [0, 0.1) is 11.6 Å². The Labute approximate surface area is 264 Å². The summed E-state index contributed by atoms with van der Waals surface area (Å²) in [6, 6.07) is 18.6. The Balaban J connectivity index is 1.97. The molecule has 0 saturated carbocycles. The highest BCUT2D eigenvalue weighted by atomic mass is 19.1. The molecule has 8 nitrogen and oxygen atoms in total. The molecule has 2 N–H and O–H groups in total. The number of hydrogen-bond acceptors (Lipinski definition) is 6. The van der Waals surface area contributed by atoms with Gasteiger partial charge in [-0.15, -0.1) is 0 Å². The van der Waals surface area contributed by atoms with Crippen LogP contribution >= 0.6 is 0 Å². The Morgan fingerprint density at radius 3 is 2.09 bits per heavy atom. The maximum Gasteiger partial charge on any atom is 0.336 e. The third kappa shape index (κ3) is 9.42. The Bertz CT molecular complexity index is 1400. The third-order valence-electron chi connectivity index (χ3n) is 7.34. The van der Waals surface area contributed by atoms with Gasteiger partial charge in [-0.1, -0.05) is 63.6 Å². The molecule has 2 atom stereocenters. The van der Waals surface area contributed by atoms with Gasteiger partial charge >= 0.3 is 5.97 Å². The van der Waals surface area contributed by atoms with Gasteiger partial charge in [0.2, 0.25) is 0 Å². The minimum absolute atomic E-state index is 0.0108. The number of esters is 1. The van der Waals surface area contributed by atoms with E-state index in [1.807, 2.05) is 44.2 Å². The number of nitrogens with zero attached hydrogens (tertiary/aromatic N) is 1.